The molecule has 21 heavy (non-hydrogen) atoms. The number of nitrogen functional groups attached to an aromatic ring is 1. The standard InChI is InChI=1S/C15H17ClFN3O/c1-3-19-14(10-7-9(16)8-20-15(10)18)13-11(17)5-4-6-12(13)21-2/h4-8,14,19H,3H2,1-2H3,(H2,18,20). The average Bonchev–Trinajstić information content (AvgIpc) is 2.48. The van der Waals surface area contributed by atoms with Crippen molar-refractivity contribution < 1.29 is 9.13 Å². The Morgan fingerprint density at radius 1 is 1.48 bits per heavy atom. The van der Waals surface area contributed by atoms with Crippen molar-refractivity contribution in [2.24, 2.45) is 0 Å². The van der Waals surface area contributed by atoms with Crippen LogP contribution in [0.25, 0.3) is 0 Å². The second-order valence-corrected chi connectivity index (χ2v) is 4.91. The third-order valence-electron chi connectivity index (χ3n) is 3.16. The predicted molar refractivity (Wildman–Crippen MR) is 82.1 cm³/mol. The van der Waals surface area contributed by atoms with Crippen molar-refractivity contribution in [3.63, 3.8) is 0 Å². The van der Waals surface area contributed by atoms with E-state index in [9.17, 15) is 4.39 Å². The number of hydrogen-bond donors (Lipinski definition) is 2. The monoisotopic (exact) mass is 309 g/mol. The highest BCUT2D eigenvalue weighted by molar-refractivity contribution is 6.30. The largest absolute Gasteiger partial charge is 0.496 e. The average molecular weight is 310 g/mol. The Kier molecular flexibility index (Phi) is 4.98. The van der Waals surface area contributed by atoms with Crippen molar-refractivity contribution in [1.82, 2.24) is 10.3 Å². The molecule has 1 aromatic carbocycles. The summed E-state index contributed by atoms with van der Waals surface area (Å²) in [5.41, 5.74) is 6.93. The van der Waals surface area contributed by atoms with Crippen LogP contribution in [0.4, 0.5) is 10.2 Å². The van der Waals surface area contributed by atoms with Gasteiger partial charge in [-0.15, -0.1) is 0 Å². The van der Waals surface area contributed by atoms with Gasteiger partial charge < -0.3 is 15.8 Å². The van der Waals surface area contributed by atoms with Crippen LogP contribution in [0.3, 0.4) is 0 Å². The fourth-order valence-electron chi connectivity index (χ4n) is 2.24. The quantitative estimate of drug-likeness (QED) is 0.890. The number of rotatable bonds is 5. The van der Waals surface area contributed by atoms with Crippen LogP contribution in [0.1, 0.15) is 24.1 Å². The molecule has 0 aliphatic rings. The van der Waals surface area contributed by atoms with E-state index in [2.05, 4.69) is 10.3 Å². The molecule has 0 amide bonds. The van der Waals surface area contributed by atoms with Gasteiger partial charge in [0.05, 0.1) is 23.7 Å². The third kappa shape index (κ3) is 3.25. The molecule has 0 fully saturated rings. The molecule has 1 aromatic heterocycles. The van der Waals surface area contributed by atoms with Gasteiger partial charge in [0.1, 0.15) is 17.4 Å². The molecule has 1 heterocycles. The Bertz CT molecular complexity index is 636. The second kappa shape index (κ2) is 6.74. The van der Waals surface area contributed by atoms with E-state index in [0.717, 1.165) is 0 Å². The van der Waals surface area contributed by atoms with Crippen molar-refractivity contribution in [3.8, 4) is 5.75 Å². The number of ether oxygens (including phenoxy) is 1. The summed E-state index contributed by atoms with van der Waals surface area (Å²) in [4.78, 5) is 4.04. The minimum absolute atomic E-state index is 0.302. The van der Waals surface area contributed by atoms with Crippen LogP contribution in [0, 0.1) is 5.82 Å². The number of methoxy groups -OCH3 is 1. The van der Waals surface area contributed by atoms with E-state index >= 15 is 0 Å². The van der Waals surface area contributed by atoms with Gasteiger partial charge in [0, 0.05) is 11.8 Å². The first-order chi connectivity index (χ1) is 10.1. The van der Waals surface area contributed by atoms with Gasteiger partial charge in [0.2, 0.25) is 0 Å². The summed E-state index contributed by atoms with van der Waals surface area (Å²) in [7, 11) is 1.50. The Labute approximate surface area is 128 Å². The van der Waals surface area contributed by atoms with Crippen molar-refractivity contribution in [3.05, 3.63) is 52.4 Å². The maximum atomic E-state index is 14.3. The minimum atomic E-state index is -0.489. The van der Waals surface area contributed by atoms with Crippen LogP contribution in [0.5, 0.6) is 5.75 Å². The van der Waals surface area contributed by atoms with Crippen LogP contribution < -0.4 is 15.8 Å². The molecule has 0 spiro atoms. The Balaban J connectivity index is 2.61. The molecule has 0 aliphatic heterocycles. The summed E-state index contributed by atoms with van der Waals surface area (Å²) in [6.45, 7) is 2.54. The topological polar surface area (TPSA) is 60.2 Å². The smallest absolute Gasteiger partial charge is 0.132 e. The number of nitrogens with one attached hydrogen (secondary N) is 1. The molecule has 6 heteroatoms. The molecule has 4 nitrogen and oxygen atoms in total. The molecule has 0 radical (unpaired) electrons. The minimum Gasteiger partial charge on any atom is -0.496 e. The fraction of sp³-hybridized carbons (Fsp3) is 0.267. The van der Waals surface area contributed by atoms with E-state index in [1.807, 2.05) is 6.92 Å². The third-order valence-corrected chi connectivity index (χ3v) is 3.36. The molecule has 2 rings (SSSR count). The van der Waals surface area contributed by atoms with Crippen molar-refractivity contribution >= 4 is 17.4 Å². The number of anilines is 1. The number of aromatic nitrogens is 1. The summed E-state index contributed by atoms with van der Waals surface area (Å²) >= 11 is 5.99. The van der Waals surface area contributed by atoms with Crippen molar-refractivity contribution in [2.75, 3.05) is 19.4 Å². The summed E-state index contributed by atoms with van der Waals surface area (Å²) in [6.07, 6.45) is 1.46. The highest BCUT2D eigenvalue weighted by atomic mass is 35.5. The zero-order valence-electron chi connectivity index (χ0n) is 11.9. The first kappa shape index (κ1) is 15.5. The van der Waals surface area contributed by atoms with Gasteiger partial charge in [-0.05, 0) is 24.7 Å². The van der Waals surface area contributed by atoms with E-state index in [1.54, 1.807) is 18.2 Å². The van der Waals surface area contributed by atoms with Gasteiger partial charge >= 0.3 is 0 Å². The van der Waals surface area contributed by atoms with Crippen LogP contribution in [-0.4, -0.2) is 18.6 Å². The normalized spacial score (nSPS) is 12.2. The lowest BCUT2D eigenvalue weighted by molar-refractivity contribution is 0.397. The summed E-state index contributed by atoms with van der Waals surface area (Å²) in [5, 5.41) is 3.64. The van der Waals surface area contributed by atoms with E-state index in [-0.39, 0.29) is 5.82 Å². The molecule has 3 N–H and O–H groups in total. The lowest BCUT2D eigenvalue weighted by Crippen LogP contribution is -2.25. The van der Waals surface area contributed by atoms with Crippen molar-refractivity contribution in [1.29, 1.82) is 0 Å². The first-order valence-electron chi connectivity index (χ1n) is 6.55. The molecule has 1 atom stereocenters. The van der Waals surface area contributed by atoms with Crippen LogP contribution in [0.15, 0.2) is 30.5 Å². The Morgan fingerprint density at radius 2 is 2.24 bits per heavy atom. The zero-order valence-corrected chi connectivity index (χ0v) is 12.6. The molecule has 2 aromatic rings. The maximum absolute atomic E-state index is 14.3. The molecule has 112 valence electrons. The van der Waals surface area contributed by atoms with Gasteiger partial charge in [0.15, 0.2) is 0 Å². The summed E-state index contributed by atoms with van der Waals surface area (Å²) in [5.74, 6) is 0.371. The van der Waals surface area contributed by atoms with Gasteiger partial charge in [-0.1, -0.05) is 24.6 Å². The number of hydrogen-bond acceptors (Lipinski definition) is 4. The molecule has 0 aliphatic carbocycles. The lowest BCUT2D eigenvalue weighted by atomic mass is 9.97. The maximum Gasteiger partial charge on any atom is 0.132 e. The molecule has 0 saturated heterocycles. The van der Waals surface area contributed by atoms with Crippen molar-refractivity contribution in [2.45, 2.75) is 13.0 Å². The highest BCUT2D eigenvalue weighted by Gasteiger charge is 2.24. The zero-order chi connectivity index (χ0) is 15.4. The first-order valence-corrected chi connectivity index (χ1v) is 6.93. The van der Waals surface area contributed by atoms with Gasteiger partial charge in [-0.3, -0.25) is 0 Å². The van der Waals surface area contributed by atoms with E-state index in [1.165, 1.54) is 19.4 Å². The van der Waals surface area contributed by atoms with E-state index < -0.39 is 6.04 Å². The number of nitrogens with zero attached hydrogens (tertiary/aromatic N) is 1. The number of halogens is 2. The number of benzene rings is 1. The molecular formula is C15H17ClFN3O. The highest BCUT2D eigenvalue weighted by Crippen LogP contribution is 2.34. The van der Waals surface area contributed by atoms with Gasteiger partial charge in [-0.25, -0.2) is 9.37 Å². The fourth-order valence-corrected chi connectivity index (χ4v) is 2.41. The SMILES string of the molecule is CCNC(c1cc(Cl)cnc1N)c1c(F)cccc1OC. The van der Waals surface area contributed by atoms with Crippen LogP contribution >= 0.6 is 11.6 Å². The Hall–Kier alpha value is -1.85. The molecule has 0 bridgehead atoms. The number of pyridine rings is 1. The Morgan fingerprint density at radius 3 is 2.90 bits per heavy atom. The van der Waals surface area contributed by atoms with Gasteiger partial charge in [-0.2, -0.15) is 0 Å². The number of nitrogens with two attached hydrogens (primary N) is 1. The van der Waals surface area contributed by atoms with Crippen LogP contribution in [-0.2, 0) is 0 Å². The lowest BCUT2D eigenvalue weighted by Gasteiger charge is -2.22. The predicted octanol–water partition coefficient (Wildman–Crippen LogP) is 3.16. The van der Waals surface area contributed by atoms with Crippen LogP contribution in [0.2, 0.25) is 5.02 Å². The van der Waals surface area contributed by atoms with E-state index in [0.29, 0.717) is 34.3 Å². The molecule has 0 saturated carbocycles. The second-order valence-electron chi connectivity index (χ2n) is 4.47. The van der Waals surface area contributed by atoms with Gasteiger partial charge in [0.25, 0.3) is 0 Å². The van der Waals surface area contributed by atoms with E-state index in [4.69, 9.17) is 22.1 Å². The summed E-state index contributed by atoms with van der Waals surface area (Å²) in [6, 6.07) is 5.88. The molecular weight excluding hydrogens is 293 g/mol. The molecule has 1 unspecified atom stereocenters. The summed E-state index contributed by atoms with van der Waals surface area (Å²) < 4.78 is 19.6.